The van der Waals surface area contributed by atoms with Crippen molar-refractivity contribution in [3.63, 3.8) is 0 Å². The number of hydrogen-bond acceptors (Lipinski definition) is 4. The van der Waals surface area contributed by atoms with Crippen LogP contribution in [-0.2, 0) is 4.74 Å². The first-order valence-corrected chi connectivity index (χ1v) is 7.34. The van der Waals surface area contributed by atoms with Gasteiger partial charge in [0.05, 0.1) is 26.4 Å². The third-order valence-corrected chi connectivity index (χ3v) is 4.59. The van der Waals surface area contributed by atoms with Gasteiger partial charge in [0.15, 0.2) is 0 Å². The Labute approximate surface area is 121 Å². The molecule has 0 radical (unpaired) electrons. The first kappa shape index (κ1) is 15.3. The Hall–Kier alpha value is -1.10. The Bertz CT molecular complexity index is 432. The predicted molar refractivity (Wildman–Crippen MR) is 81.0 cm³/mol. The van der Waals surface area contributed by atoms with Crippen molar-refractivity contribution in [2.24, 2.45) is 5.73 Å². The van der Waals surface area contributed by atoms with Gasteiger partial charge in [-0.1, -0.05) is 25.1 Å². The average Bonchev–Trinajstić information content (AvgIpc) is 2.54. The molecule has 2 atom stereocenters. The first-order valence-electron chi connectivity index (χ1n) is 7.34. The predicted octanol–water partition coefficient (Wildman–Crippen LogP) is 2.20. The largest absolute Gasteiger partial charge is 0.496 e. The lowest BCUT2D eigenvalue weighted by atomic mass is 9.83. The van der Waals surface area contributed by atoms with Crippen molar-refractivity contribution in [3.8, 4) is 5.75 Å². The normalized spacial score (nSPS) is 21.2. The van der Waals surface area contributed by atoms with Gasteiger partial charge in [-0.15, -0.1) is 0 Å². The molecule has 2 N–H and O–H groups in total. The fraction of sp³-hybridized carbons (Fsp3) is 0.625. The minimum absolute atomic E-state index is 0.0817. The summed E-state index contributed by atoms with van der Waals surface area (Å²) in [5.41, 5.74) is 7.62. The number of methoxy groups -OCH3 is 1. The number of nitrogens with two attached hydrogens (primary N) is 1. The van der Waals surface area contributed by atoms with Crippen molar-refractivity contribution in [1.29, 1.82) is 0 Å². The van der Waals surface area contributed by atoms with Crippen molar-refractivity contribution in [3.05, 3.63) is 29.8 Å². The number of rotatable bonds is 5. The molecule has 1 saturated heterocycles. The van der Waals surface area contributed by atoms with E-state index in [1.165, 1.54) is 0 Å². The van der Waals surface area contributed by atoms with Crippen LogP contribution in [0.2, 0.25) is 0 Å². The number of benzene rings is 1. The molecule has 2 rings (SSSR count). The quantitative estimate of drug-likeness (QED) is 0.897. The molecule has 0 bridgehead atoms. The van der Waals surface area contributed by atoms with E-state index >= 15 is 0 Å². The zero-order chi connectivity index (χ0) is 14.6. The maximum absolute atomic E-state index is 6.63. The second-order valence-corrected chi connectivity index (χ2v) is 5.53. The van der Waals surface area contributed by atoms with E-state index in [2.05, 4.69) is 24.8 Å². The fourth-order valence-electron chi connectivity index (χ4n) is 2.97. The summed E-state index contributed by atoms with van der Waals surface area (Å²) in [4.78, 5) is 2.45. The zero-order valence-corrected chi connectivity index (χ0v) is 12.8. The van der Waals surface area contributed by atoms with Crippen molar-refractivity contribution in [1.82, 2.24) is 4.90 Å². The van der Waals surface area contributed by atoms with E-state index in [9.17, 15) is 0 Å². The number of morpholine rings is 1. The summed E-state index contributed by atoms with van der Waals surface area (Å²) in [6.07, 6.45) is 0.992. The molecule has 0 amide bonds. The lowest BCUT2D eigenvalue weighted by Gasteiger charge is -2.46. The minimum Gasteiger partial charge on any atom is -0.496 e. The summed E-state index contributed by atoms with van der Waals surface area (Å²) in [7, 11) is 1.70. The van der Waals surface area contributed by atoms with Gasteiger partial charge in [-0.05, 0) is 19.4 Å². The lowest BCUT2D eigenvalue weighted by molar-refractivity contribution is -0.0280. The molecule has 0 aliphatic carbocycles. The van der Waals surface area contributed by atoms with Gasteiger partial charge < -0.3 is 15.2 Å². The van der Waals surface area contributed by atoms with E-state index in [0.29, 0.717) is 0 Å². The SMILES string of the molecule is CCC(C)(C(N)c1ccccc1OC)N1CCOCC1. The highest BCUT2D eigenvalue weighted by Crippen LogP contribution is 2.36. The van der Waals surface area contributed by atoms with Gasteiger partial charge in [0.25, 0.3) is 0 Å². The summed E-state index contributed by atoms with van der Waals surface area (Å²) in [6, 6.07) is 7.96. The van der Waals surface area contributed by atoms with Crippen LogP contribution in [0, 0.1) is 0 Å². The Morgan fingerprint density at radius 1 is 1.35 bits per heavy atom. The standard InChI is InChI=1S/C16H26N2O2/c1-4-16(2,18-9-11-20-12-10-18)15(17)13-7-5-6-8-14(13)19-3/h5-8,15H,4,9-12,17H2,1-3H3. The highest BCUT2D eigenvalue weighted by atomic mass is 16.5. The van der Waals surface area contributed by atoms with Gasteiger partial charge in [0.2, 0.25) is 0 Å². The Kier molecular flexibility index (Phi) is 5.02. The maximum atomic E-state index is 6.63. The van der Waals surface area contributed by atoms with Crippen molar-refractivity contribution >= 4 is 0 Å². The molecular formula is C16H26N2O2. The van der Waals surface area contributed by atoms with Crippen LogP contribution >= 0.6 is 0 Å². The van der Waals surface area contributed by atoms with E-state index in [1.807, 2.05) is 18.2 Å². The van der Waals surface area contributed by atoms with Gasteiger partial charge in [-0.2, -0.15) is 0 Å². The highest BCUT2D eigenvalue weighted by molar-refractivity contribution is 5.37. The summed E-state index contributed by atoms with van der Waals surface area (Å²) >= 11 is 0. The molecule has 20 heavy (non-hydrogen) atoms. The molecule has 1 aliphatic rings. The maximum Gasteiger partial charge on any atom is 0.123 e. The average molecular weight is 278 g/mol. The van der Waals surface area contributed by atoms with E-state index < -0.39 is 0 Å². The van der Waals surface area contributed by atoms with Crippen molar-refractivity contribution < 1.29 is 9.47 Å². The number of nitrogens with zero attached hydrogens (tertiary/aromatic N) is 1. The third kappa shape index (κ3) is 2.82. The first-order chi connectivity index (χ1) is 9.63. The van der Waals surface area contributed by atoms with Gasteiger partial charge in [0, 0.05) is 24.2 Å². The lowest BCUT2D eigenvalue weighted by Crippen LogP contribution is -2.56. The van der Waals surface area contributed by atoms with Crippen molar-refractivity contribution in [2.75, 3.05) is 33.4 Å². The molecular weight excluding hydrogens is 252 g/mol. The van der Waals surface area contributed by atoms with Crippen LogP contribution in [0.4, 0.5) is 0 Å². The van der Waals surface area contributed by atoms with Gasteiger partial charge in [-0.25, -0.2) is 0 Å². The molecule has 1 aromatic carbocycles. The Balaban J connectivity index is 2.29. The van der Waals surface area contributed by atoms with Crippen LogP contribution in [0.25, 0.3) is 0 Å². The monoisotopic (exact) mass is 278 g/mol. The molecule has 112 valence electrons. The number of para-hydroxylation sites is 1. The second-order valence-electron chi connectivity index (χ2n) is 5.53. The van der Waals surface area contributed by atoms with Crippen LogP contribution in [0.15, 0.2) is 24.3 Å². The van der Waals surface area contributed by atoms with Crippen LogP contribution in [0.3, 0.4) is 0 Å². The molecule has 4 nitrogen and oxygen atoms in total. The smallest absolute Gasteiger partial charge is 0.123 e. The van der Waals surface area contributed by atoms with Crippen LogP contribution in [0.5, 0.6) is 5.75 Å². The molecule has 1 aromatic rings. The number of hydrogen-bond donors (Lipinski definition) is 1. The highest BCUT2D eigenvalue weighted by Gasteiger charge is 2.38. The van der Waals surface area contributed by atoms with Gasteiger partial charge in [0.1, 0.15) is 5.75 Å². The molecule has 0 spiro atoms. The molecule has 0 saturated carbocycles. The van der Waals surface area contributed by atoms with Crippen LogP contribution < -0.4 is 10.5 Å². The minimum atomic E-state index is -0.0849. The molecule has 1 fully saturated rings. The summed E-state index contributed by atoms with van der Waals surface area (Å²) in [5, 5.41) is 0. The molecule has 0 aromatic heterocycles. The summed E-state index contributed by atoms with van der Waals surface area (Å²) < 4.78 is 10.9. The van der Waals surface area contributed by atoms with Crippen LogP contribution in [0.1, 0.15) is 31.9 Å². The van der Waals surface area contributed by atoms with E-state index in [1.54, 1.807) is 7.11 Å². The fourth-order valence-corrected chi connectivity index (χ4v) is 2.97. The number of ether oxygens (including phenoxy) is 2. The van der Waals surface area contributed by atoms with Gasteiger partial charge in [-0.3, -0.25) is 4.90 Å². The molecule has 2 unspecified atom stereocenters. The van der Waals surface area contributed by atoms with E-state index in [-0.39, 0.29) is 11.6 Å². The third-order valence-electron chi connectivity index (χ3n) is 4.59. The summed E-state index contributed by atoms with van der Waals surface area (Å²) in [6.45, 7) is 7.89. The molecule has 1 heterocycles. The Morgan fingerprint density at radius 2 is 2.00 bits per heavy atom. The van der Waals surface area contributed by atoms with Crippen LogP contribution in [-0.4, -0.2) is 43.9 Å². The second kappa shape index (κ2) is 6.57. The van der Waals surface area contributed by atoms with Gasteiger partial charge >= 0.3 is 0 Å². The Morgan fingerprint density at radius 3 is 2.60 bits per heavy atom. The molecule has 4 heteroatoms. The summed E-state index contributed by atoms with van der Waals surface area (Å²) in [5.74, 6) is 0.868. The molecule has 1 aliphatic heterocycles. The topological polar surface area (TPSA) is 47.7 Å². The zero-order valence-electron chi connectivity index (χ0n) is 12.8. The van der Waals surface area contributed by atoms with E-state index in [0.717, 1.165) is 44.0 Å². The van der Waals surface area contributed by atoms with Crippen molar-refractivity contribution in [2.45, 2.75) is 31.8 Å². The van der Waals surface area contributed by atoms with E-state index in [4.69, 9.17) is 15.2 Å².